The number of carbonyl (C=O) groups excluding carboxylic acids is 2. The van der Waals surface area contributed by atoms with Gasteiger partial charge in [0.15, 0.2) is 0 Å². The number of aliphatic hydroxyl groups is 1. The highest BCUT2D eigenvalue weighted by atomic mass is 19.1. The predicted octanol–water partition coefficient (Wildman–Crippen LogP) is 2.40. The SMILES string of the molecule is CCOC(=O)C(O)(C(=O)OCC)c1c2cc(F)ccc2n2c(=O)c3cccc(OC)c3[nH]c12. The topological polar surface area (TPSA) is 119 Å². The highest BCUT2D eigenvalue weighted by Crippen LogP contribution is 2.37. The van der Waals surface area contributed by atoms with Crippen LogP contribution >= 0.6 is 0 Å². The van der Waals surface area contributed by atoms with E-state index in [1.54, 1.807) is 18.2 Å². The third kappa shape index (κ3) is 3.21. The molecule has 0 radical (unpaired) electrons. The Morgan fingerprint density at radius 3 is 2.36 bits per heavy atom. The van der Waals surface area contributed by atoms with Gasteiger partial charge in [0.25, 0.3) is 11.2 Å². The number of fused-ring (bicyclic) bond motifs is 4. The molecule has 0 amide bonds. The number of ether oxygens (including phenoxy) is 3. The van der Waals surface area contributed by atoms with E-state index in [1.165, 1.54) is 27.0 Å². The van der Waals surface area contributed by atoms with Gasteiger partial charge in [0, 0.05) is 5.39 Å². The van der Waals surface area contributed by atoms with Crippen LogP contribution in [-0.4, -0.2) is 46.8 Å². The molecule has 0 bridgehead atoms. The fourth-order valence-electron chi connectivity index (χ4n) is 3.96. The van der Waals surface area contributed by atoms with Crippen LogP contribution in [0.1, 0.15) is 19.4 Å². The van der Waals surface area contributed by atoms with Crippen LogP contribution in [0.15, 0.2) is 41.2 Å². The third-order valence-corrected chi connectivity index (χ3v) is 5.36. The van der Waals surface area contributed by atoms with Gasteiger partial charge in [0.05, 0.1) is 42.3 Å². The maximum absolute atomic E-state index is 14.3. The van der Waals surface area contributed by atoms with Crippen molar-refractivity contribution >= 4 is 39.4 Å². The van der Waals surface area contributed by atoms with Crippen molar-refractivity contribution in [3.8, 4) is 5.75 Å². The van der Waals surface area contributed by atoms with E-state index in [4.69, 9.17) is 14.2 Å². The van der Waals surface area contributed by atoms with E-state index < -0.39 is 28.9 Å². The molecule has 2 heterocycles. The molecule has 10 heteroatoms. The molecule has 0 aliphatic heterocycles. The van der Waals surface area contributed by atoms with E-state index in [9.17, 15) is 23.9 Å². The smallest absolute Gasteiger partial charge is 0.355 e. The number of aromatic nitrogens is 2. The summed E-state index contributed by atoms with van der Waals surface area (Å²) in [5, 5.41) is 11.7. The number of para-hydroxylation sites is 1. The number of methoxy groups -OCH3 is 1. The number of halogens is 1. The summed E-state index contributed by atoms with van der Waals surface area (Å²) in [6.07, 6.45) is 0. The van der Waals surface area contributed by atoms with Crippen LogP contribution in [0.3, 0.4) is 0 Å². The summed E-state index contributed by atoms with van der Waals surface area (Å²) >= 11 is 0. The molecule has 0 aliphatic carbocycles. The van der Waals surface area contributed by atoms with Crippen molar-refractivity contribution in [1.82, 2.24) is 9.38 Å². The van der Waals surface area contributed by atoms with Crippen LogP contribution in [0.4, 0.5) is 4.39 Å². The molecule has 0 spiro atoms. The lowest BCUT2D eigenvalue weighted by Gasteiger charge is -2.24. The van der Waals surface area contributed by atoms with Crippen LogP contribution in [-0.2, 0) is 24.7 Å². The number of nitrogens with zero attached hydrogens (tertiary/aromatic N) is 1. The van der Waals surface area contributed by atoms with Crippen molar-refractivity contribution in [2.45, 2.75) is 19.4 Å². The first-order valence-corrected chi connectivity index (χ1v) is 10.2. The summed E-state index contributed by atoms with van der Waals surface area (Å²) < 4.78 is 30.8. The van der Waals surface area contributed by atoms with Gasteiger partial charge >= 0.3 is 11.9 Å². The standard InChI is InChI=1S/C23H21FN2O7/c1-4-32-21(28)23(30,22(29)33-5-2)17-14-11-12(24)9-10-15(14)26-19(17)25-18-13(20(26)27)7-6-8-16(18)31-3/h6-11,25,30H,4-5H2,1-3H3. The maximum atomic E-state index is 14.3. The van der Waals surface area contributed by atoms with E-state index in [-0.39, 0.29) is 46.2 Å². The zero-order chi connectivity index (χ0) is 23.9. The lowest BCUT2D eigenvalue weighted by Crippen LogP contribution is -2.46. The molecule has 0 fully saturated rings. The van der Waals surface area contributed by atoms with E-state index in [1.807, 2.05) is 0 Å². The lowest BCUT2D eigenvalue weighted by molar-refractivity contribution is -0.184. The van der Waals surface area contributed by atoms with Crippen molar-refractivity contribution in [2.75, 3.05) is 20.3 Å². The molecule has 9 nitrogen and oxygen atoms in total. The Balaban J connectivity index is 2.27. The van der Waals surface area contributed by atoms with Crippen molar-refractivity contribution in [1.29, 1.82) is 0 Å². The first-order chi connectivity index (χ1) is 15.8. The minimum Gasteiger partial charge on any atom is -0.495 e. The van der Waals surface area contributed by atoms with E-state index >= 15 is 0 Å². The molecule has 0 unspecified atom stereocenters. The summed E-state index contributed by atoms with van der Waals surface area (Å²) in [7, 11) is 1.41. The predicted molar refractivity (Wildman–Crippen MR) is 117 cm³/mol. The van der Waals surface area contributed by atoms with Gasteiger partial charge in [-0.3, -0.25) is 9.20 Å². The van der Waals surface area contributed by atoms with Gasteiger partial charge in [0.2, 0.25) is 0 Å². The number of carbonyl (C=O) groups is 2. The lowest BCUT2D eigenvalue weighted by atomic mass is 9.92. The van der Waals surface area contributed by atoms with Crippen molar-refractivity contribution in [3.05, 3.63) is 58.1 Å². The summed E-state index contributed by atoms with van der Waals surface area (Å²) in [6.45, 7) is 2.70. The van der Waals surface area contributed by atoms with Gasteiger partial charge in [0.1, 0.15) is 17.2 Å². The Kier molecular flexibility index (Phi) is 5.54. The van der Waals surface area contributed by atoms with E-state index in [2.05, 4.69) is 4.98 Å². The second-order valence-electron chi connectivity index (χ2n) is 7.18. The van der Waals surface area contributed by atoms with E-state index in [0.717, 1.165) is 16.5 Å². The second-order valence-corrected chi connectivity index (χ2v) is 7.18. The molecule has 0 atom stereocenters. The highest BCUT2D eigenvalue weighted by molar-refractivity contribution is 6.11. The van der Waals surface area contributed by atoms with Crippen LogP contribution < -0.4 is 10.3 Å². The molecule has 2 N–H and O–H groups in total. The molecular formula is C23H21FN2O7. The average Bonchev–Trinajstić information content (AvgIpc) is 3.12. The summed E-state index contributed by atoms with van der Waals surface area (Å²) in [5.41, 5.74) is -3.56. The van der Waals surface area contributed by atoms with Crippen molar-refractivity contribution < 1.29 is 33.3 Å². The largest absolute Gasteiger partial charge is 0.495 e. The molecule has 4 rings (SSSR count). The molecule has 172 valence electrons. The number of aromatic amines is 1. The molecule has 33 heavy (non-hydrogen) atoms. The Hall–Kier alpha value is -3.92. The quantitative estimate of drug-likeness (QED) is 0.338. The number of esters is 2. The Labute approximate surface area is 186 Å². The average molecular weight is 456 g/mol. The van der Waals surface area contributed by atoms with Gasteiger partial charge in [-0.05, 0) is 44.2 Å². The summed E-state index contributed by atoms with van der Waals surface area (Å²) in [4.78, 5) is 42.3. The first kappa shape index (κ1) is 22.3. The zero-order valence-corrected chi connectivity index (χ0v) is 18.1. The van der Waals surface area contributed by atoms with Crippen LogP contribution in [0.2, 0.25) is 0 Å². The zero-order valence-electron chi connectivity index (χ0n) is 18.1. The van der Waals surface area contributed by atoms with Crippen LogP contribution in [0, 0.1) is 5.82 Å². The Morgan fingerprint density at radius 1 is 1.09 bits per heavy atom. The summed E-state index contributed by atoms with van der Waals surface area (Å²) in [5.74, 6) is -3.03. The van der Waals surface area contributed by atoms with Gasteiger partial charge in [-0.2, -0.15) is 0 Å². The normalized spacial score (nSPS) is 11.8. The molecule has 0 saturated heterocycles. The third-order valence-electron chi connectivity index (χ3n) is 5.36. The fraction of sp³-hybridized carbons (Fsp3) is 0.261. The van der Waals surface area contributed by atoms with Crippen molar-refractivity contribution in [2.24, 2.45) is 0 Å². The molecule has 4 aromatic rings. The number of nitrogens with one attached hydrogen (secondary N) is 1. The van der Waals surface area contributed by atoms with Crippen LogP contribution in [0.5, 0.6) is 5.75 Å². The molecule has 2 aromatic carbocycles. The Bertz CT molecular complexity index is 1450. The monoisotopic (exact) mass is 456 g/mol. The van der Waals surface area contributed by atoms with E-state index in [0.29, 0.717) is 5.75 Å². The summed E-state index contributed by atoms with van der Waals surface area (Å²) in [6, 6.07) is 8.27. The number of benzene rings is 2. The van der Waals surface area contributed by atoms with Gasteiger partial charge in [-0.25, -0.2) is 14.0 Å². The Morgan fingerprint density at radius 2 is 1.76 bits per heavy atom. The molecular weight excluding hydrogens is 435 g/mol. The van der Waals surface area contributed by atoms with Gasteiger partial charge in [-0.1, -0.05) is 6.07 Å². The fourth-order valence-corrected chi connectivity index (χ4v) is 3.96. The minimum absolute atomic E-state index is 0.0405. The number of hydrogen-bond donors (Lipinski definition) is 2. The highest BCUT2D eigenvalue weighted by Gasteiger charge is 2.52. The first-order valence-electron chi connectivity index (χ1n) is 10.2. The van der Waals surface area contributed by atoms with Gasteiger partial charge in [-0.15, -0.1) is 0 Å². The van der Waals surface area contributed by atoms with Crippen molar-refractivity contribution in [3.63, 3.8) is 0 Å². The van der Waals surface area contributed by atoms with Crippen LogP contribution in [0.25, 0.3) is 27.5 Å². The molecule has 0 aliphatic rings. The molecule has 0 saturated carbocycles. The van der Waals surface area contributed by atoms with Gasteiger partial charge < -0.3 is 24.3 Å². The number of rotatable bonds is 6. The number of H-pyrrole nitrogens is 1. The minimum atomic E-state index is -2.98. The number of hydrogen-bond acceptors (Lipinski definition) is 7. The second kappa shape index (κ2) is 8.21. The maximum Gasteiger partial charge on any atom is 0.355 e. The molecule has 2 aromatic heterocycles.